The van der Waals surface area contributed by atoms with Crippen LogP contribution in [0.15, 0.2) is 30.3 Å². The Bertz CT molecular complexity index is 351. The van der Waals surface area contributed by atoms with Crippen molar-refractivity contribution in [3.63, 3.8) is 0 Å². The second-order valence-electron chi connectivity index (χ2n) is 4.95. The van der Waals surface area contributed by atoms with Crippen LogP contribution >= 0.6 is 11.6 Å². The van der Waals surface area contributed by atoms with Gasteiger partial charge in [-0.2, -0.15) is 0 Å². The molecule has 0 fully saturated rings. The molecule has 0 heterocycles. The maximum Gasteiger partial charge on any atom is 0.321 e. The average molecular weight is 283 g/mol. The van der Waals surface area contributed by atoms with Crippen molar-refractivity contribution < 1.29 is 9.90 Å². The molecule has 0 aliphatic rings. The molecule has 0 amide bonds. The van der Waals surface area contributed by atoms with E-state index in [0.29, 0.717) is 6.42 Å². The van der Waals surface area contributed by atoms with Gasteiger partial charge in [0, 0.05) is 0 Å². The van der Waals surface area contributed by atoms with Gasteiger partial charge in [-0.15, -0.1) is 11.6 Å². The number of aliphatic carboxylic acids is 1. The number of hydrogen-bond acceptors (Lipinski definition) is 1. The highest BCUT2D eigenvalue weighted by Gasteiger charge is 2.11. The zero-order valence-corrected chi connectivity index (χ0v) is 12.1. The van der Waals surface area contributed by atoms with E-state index in [9.17, 15) is 4.79 Å². The summed E-state index contributed by atoms with van der Waals surface area (Å²) in [6.45, 7) is 0. The van der Waals surface area contributed by atoms with Crippen LogP contribution in [0.3, 0.4) is 0 Å². The Kier molecular flexibility index (Phi) is 8.31. The van der Waals surface area contributed by atoms with Crippen molar-refractivity contribution in [2.45, 2.75) is 56.7 Å². The van der Waals surface area contributed by atoms with Crippen molar-refractivity contribution in [2.75, 3.05) is 0 Å². The molecule has 0 radical (unpaired) electrons. The zero-order chi connectivity index (χ0) is 13.9. The lowest BCUT2D eigenvalue weighted by molar-refractivity contribution is -0.136. The molecule has 0 saturated heterocycles. The summed E-state index contributed by atoms with van der Waals surface area (Å²) in [6, 6.07) is 10.6. The fraction of sp³-hybridized carbons (Fsp3) is 0.562. The van der Waals surface area contributed by atoms with E-state index in [0.717, 1.165) is 19.3 Å². The van der Waals surface area contributed by atoms with Gasteiger partial charge in [-0.05, 0) is 24.8 Å². The molecule has 0 spiro atoms. The number of unbranched alkanes of at least 4 members (excludes halogenated alkanes) is 5. The largest absolute Gasteiger partial charge is 0.480 e. The molecule has 0 bridgehead atoms. The van der Waals surface area contributed by atoms with Crippen LogP contribution in [-0.4, -0.2) is 16.5 Å². The van der Waals surface area contributed by atoms with E-state index in [4.69, 9.17) is 16.7 Å². The predicted octanol–water partition coefficient (Wildman–Crippen LogP) is 4.65. The number of aryl methyl sites for hydroxylation is 1. The van der Waals surface area contributed by atoms with Crippen molar-refractivity contribution in [3.05, 3.63) is 35.9 Å². The Morgan fingerprint density at radius 3 is 2.21 bits per heavy atom. The Morgan fingerprint density at radius 1 is 1.00 bits per heavy atom. The predicted molar refractivity (Wildman–Crippen MR) is 79.7 cm³/mol. The number of rotatable bonds is 10. The van der Waals surface area contributed by atoms with Gasteiger partial charge in [0.25, 0.3) is 0 Å². The summed E-state index contributed by atoms with van der Waals surface area (Å²) in [5, 5.41) is 7.92. The van der Waals surface area contributed by atoms with E-state index in [1.165, 1.54) is 31.2 Å². The Morgan fingerprint density at radius 2 is 1.58 bits per heavy atom. The van der Waals surface area contributed by atoms with Crippen molar-refractivity contribution in [2.24, 2.45) is 0 Å². The summed E-state index contributed by atoms with van der Waals surface area (Å²) < 4.78 is 0. The minimum absolute atomic E-state index is 0.584. The molecule has 1 unspecified atom stereocenters. The molecular formula is C16H23ClO2. The number of carboxylic acids is 1. The van der Waals surface area contributed by atoms with Gasteiger partial charge >= 0.3 is 5.97 Å². The summed E-state index contributed by atoms with van der Waals surface area (Å²) in [5.74, 6) is -0.899. The number of carbonyl (C=O) groups is 1. The molecular weight excluding hydrogens is 260 g/mol. The standard InChI is InChI=1S/C16H23ClO2/c17-15(16(18)19)13-9-4-2-1-3-6-10-14-11-7-5-8-12-14/h5,7-8,11-12,15H,1-4,6,9-10,13H2,(H,18,19). The van der Waals surface area contributed by atoms with Crippen molar-refractivity contribution in [1.29, 1.82) is 0 Å². The molecule has 0 aromatic heterocycles. The normalized spacial score (nSPS) is 12.3. The molecule has 1 aromatic rings. The molecule has 1 rings (SSSR count). The number of carboxylic acid groups (broad SMARTS) is 1. The third kappa shape index (κ3) is 7.89. The fourth-order valence-electron chi connectivity index (χ4n) is 2.13. The minimum atomic E-state index is -0.899. The van der Waals surface area contributed by atoms with Crippen LogP contribution in [0.2, 0.25) is 0 Å². The monoisotopic (exact) mass is 282 g/mol. The SMILES string of the molecule is O=C(O)C(Cl)CCCCCCCCc1ccccc1. The van der Waals surface area contributed by atoms with Gasteiger partial charge in [-0.3, -0.25) is 4.79 Å². The quantitative estimate of drug-likeness (QED) is 0.501. The van der Waals surface area contributed by atoms with Gasteiger partial charge in [-0.25, -0.2) is 0 Å². The van der Waals surface area contributed by atoms with E-state index in [-0.39, 0.29) is 0 Å². The van der Waals surface area contributed by atoms with Crippen molar-refractivity contribution in [3.8, 4) is 0 Å². The highest BCUT2D eigenvalue weighted by Crippen LogP contribution is 2.13. The first-order valence-electron chi connectivity index (χ1n) is 7.11. The summed E-state index contributed by atoms with van der Waals surface area (Å²) in [6.07, 6.45) is 8.63. The number of alkyl halides is 1. The first-order chi connectivity index (χ1) is 9.20. The van der Waals surface area contributed by atoms with Crippen LogP contribution < -0.4 is 0 Å². The molecule has 0 aliphatic carbocycles. The molecule has 1 N–H and O–H groups in total. The zero-order valence-electron chi connectivity index (χ0n) is 11.4. The van der Waals surface area contributed by atoms with E-state index >= 15 is 0 Å². The van der Waals surface area contributed by atoms with Gasteiger partial charge in [0.1, 0.15) is 5.38 Å². The topological polar surface area (TPSA) is 37.3 Å². The minimum Gasteiger partial charge on any atom is -0.480 e. The van der Waals surface area contributed by atoms with E-state index in [1.54, 1.807) is 0 Å². The molecule has 3 heteroatoms. The molecule has 106 valence electrons. The number of halogens is 1. The Hall–Kier alpha value is -1.02. The van der Waals surface area contributed by atoms with Gasteiger partial charge in [0.2, 0.25) is 0 Å². The van der Waals surface area contributed by atoms with Crippen molar-refractivity contribution in [1.82, 2.24) is 0 Å². The third-order valence-electron chi connectivity index (χ3n) is 3.28. The van der Waals surface area contributed by atoms with Crippen LogP contribution in [0.5, 0.6) is 0 Å². The second kappa shape index (κ2) is 9.85. The lowest BCUT2D eigenvalue weighted by atomic mass is 10.0. The third-order valence-corrected chi connectivity index (χ3v) is 3.69. The van der Waals surface area contributed by atoms with Gasteiger partial charge in [0.15, 0.2) is 0 Å². The second-order valence-corrected chi connectivity index (χ2v) is 5.48. The summed E-state index contributed by atoms with van der Waals surface area (Å²) in [5.41, 5.74) is 1.41. The highest BCUT2D eigenvalue weighted by atomic mass is 35.5. The molecule has 2 nitrogen and oxygen atoms in total. The van der Waals surface area contributed by atoms with Crippen molar-refractivity contribution >= 4 is 17.6 Å². The van der Waals surface area contributed by atoms with Crippen LogP contribution in [0.4, 0.5) is 0 Å². The smallest absolute Gasteiger partial charge is 0.321 e. The molecule has 1 aromatic carbocycles. The van der Waals surface area contributed by atoms with Crippen LogP contribution in [0.1, 0.15) is 50.5 Å². The lowest BCUT2D eigenvalue weighted by Gasteiger charge is -2.04. The van der Waals surface area contributed by atoms with E-state index in [1.807, 2.05) is 6.07 Å². The van der Waals surface area contributed by atoms with Crippen LogP contribution in [0, 0.1) is 0 Å². The Balaban J connectivity index is 1.90. The first kappa shape index (κ1) is 16.0. The van der Waals surface area contributed by atoms with E-state index < -0.39 is 11.3 Å². The van der Waals surface area contributed by atoms with Gasteiger partial charge in [0.05, 0.1) is 0 Å². The number of benzene rings is 1. The summed E-state index contributed by atoms with van der Waals surface area (Å²) in [4.78, 5) is 10.5. The molecule has 0 aliphatic heterocycles. The number of hydrogen-bond donors (Lipinski definition) is 1. The summed E-state index contributed by atoms with van der Waals surface area (Å²) >= 11 is 5.65. The molecule has 0 saturated carbocycles. The average Bonchev–Trinajstić information content (AvgIpc) is 2.42. The lowest BCUT2D eigenvalue weighted by Crippen LogP contribution is -2.12. The van der Waals surface area contributed by atoms with Crippen LogP contribution in [-0.2, 0) is 11.2 Å². The Labute approximate surface area is 120 Å². The summed E-state index contributed by atoms with van der Waals surface area (Å²) in [7, 11) is 0. The highest BCUT2D eigenvalue weighted by molar-refractivity contribution is 6.29. The van der Waals surface area contributed by atoms with Gasteiger partial charge < -0.3 is 5.11 Å². The maximum atomic E-state index is 10.5. The van der Waals surface area contributed by atoms with Crippen LogP contribution in [0.25, 0.3) is 0 Å². The fourth-order valence-corrected chi connectivity index (χ4v) is 2.28. The first-order valence-corrected chi connectivity index (χ1v) is 7.54. The van der Waals surface area contributed by atoms with E-state index in [2.05, 4.69) is 24.3 Å². The molecule has 19 heavy (non-hydrogen) atoms. The maximum absolute atomic E-state index is 10.5. The van der Waals surface area contributed by atoms with Gasteiger partial charge in [-0.1, -0.05) is 62.4 Å². The molecule has 1 atom stereocenters.